The maximum absolute atomic E-state index is 11.2. The van der Waals surface area contributed by atoms with E-state index in [-0.39, 0.29) is 11.7 Å². The molecule has 0 radical (unpaired) electrons. The highest BCUT2D eigenvalue weighted by Crippen LogP contribution is 2.23. The average molecular weight is 168 g/mol. The number of esters is 1. The highest BCUT2D eigenvalue weighted by Gasteiger charge is 2.32. The van der Waals surface area contributed by atoms with Crippen LogP contribution in [0.2, 0.25) is 0 Å². The number of allylic oxidation sites excluding steroid dienone is 2. The van der Waals surface area contributed by atoms with E-state index in [0.717, 1.165) is 6.42 Å². The zero-order valence-corrected chi connectivity index (χ0v) is 7.24. The summed E-state index contributed by atoms with van der Waals surface area (Å²) in [6.07, 6.45) is 4.03. The molecule has 3 heteroatoms. The summed E-state index contributed by atoms with van der Waals surface area (Å²) in [6, 6.07) is 0. The zero-order valence-electron chi connectivity index (χ0n) is 7.24. The Hall–Kier alpha value is -1.12. The third-order valence-electron chi connectivity index (χ3n) is 2.12. The van der Waals surface area contributed by atoms with Crippen LogP contribution in [0.5, 0.6) is 0 Å². The molecule has 3 nitrogen and oxygen atoms in total. The Kier molecular flexibility index (Phi) is 2.63. The molecule has 66 valence electrons. The number of carbonyl (C=O) groups is 2. The van der Waals surface area contributed by atoms with Crippen LogP contribution in [0.3, 0.4) is 0 Å². The van der Waals surface area contributed by atoms with Crippen molar-refractivity contribution in [1.29, 1.82) is 0 Å². The molecule has 0 fully saturated rings. The van der Waals surface area contributed by atoms with E-state index in [9.17, 15) is 9.59 Å². The molecule has 0 aliphatic heterocycles. The summed E-state index contributed by atoms with van der Waals surface area (Å²) in [5, 5.41) is 0. The van der Waals surface area contributed by atoms with Gasteiger partial charge in [-0.3, -0.25) is 9.59 Å². The molecule has 0 aromatic carbocycles. The van der Waals surface area contributed by atoms with Gasteiger partial charge in [-0.1, -0.05) is 13.0 Å². The fraction of sp³-hybridized carbons (Fsp3) is 0.556. The molecular formula is C9H12O3. The number of ether oxygens (including phenoxy) is 1. The molecule has 0 heterocycles. The summed E-state index contributed by atoms with van der Waals surface area (Å²) in [5.41, 5.74) is 0. The molecule has 0 aromatic rings. The third-order valence-corrected chi connectivity index (χ3v) is 2.12. The van der Waals surface area contributed by atoms with Crippen LogP contribution >= 0.6 is 0 Å². The van der Waals surface area contributed by atoms with E-state index >= 15 is 0 Å². The molecular weight excluding hydrogens is 156 g/mol. The predicted octanol–water partition coefficient (Wildman–Crippen LogP) is 0.941. The second kappa shape index (κ2) is 3.52. The van der Waals surface area contributed by atoms with Crippen molar-refractivity contribution in [2.45, 2.75) is 13.3 Å². The van der Waals surface area contributed by atoms with Gasteiger partial charge in [-0.2, -0.15) is 0 Å². The molecule has 1 aliphatic rings. The summed E-state index contributed by atoms with van der Waals surface area (Å²) in [4.78, 5) is 22.3. The van der Waals surface area contributed by atoms with E-state index in [1.54, 1.807) is 6.08 Å². The molecule has 2 unspecified atom stereocenters. The van der Waals surface area contributed by atoms with E-state index in [4.69, 9.17) is 0 Å². The monoisotopic (exact) mass is 168 g/mol. The minimum atomic E-state index is -0.583. The van der Waals surface area contributed by atoms with Gasteiger partial charge in [-0.05, 0) is 18.4 Å². The fourth-order valence-corrected chi connectivity index (χ4v) is 1.39. The van der Waals surface area contributed by atoms with Gasteiger partial charge >= 0.3 is 5.97 Å². The Bertz CT molecular complexity index is 230. The second-order valence-electron chi connectivity index (χ2n) is 3.02. The maximum atomic E-state index is 11.2. The zero-order chi connectivity index (χ0) is 9.14. The Morgan fingerprint density at radius 1 is 1.67 bits per heavy atom. The first-order chi connectivity index (χ1) is 5.66. The smallest absolute Gasteiger partial charge is 0.316 e. The van der Waals surface area contributed by atoms with Gasteiger partial charge < -0.3 is 4.74 Å². The summed E-state index contributed by atoms with van der Waals surface area (Å²) in [5.74, 6) is -1.08. The average Bonchev–Trinajstić information content (AvgIpc) is 2.03. The van der Waals surface area contributed by atoms with Crippen molar-refractivity contribution in [3.05, 3.63) is 12.2 Å². The Balaban J connectivity index is 2.79. The number of methoxy groups -OCH3 is 1. The van der Waals surface area contributed by atoms with Gasteiger partial charge in [0.15, 0.2) is 5.78 Å². The standard InChI is InChI=1S/C9H12O3/c1-6-4-3-5-7(10)8(6)9(11)12-2/h3,5-6,8H,4H2,1-2H3. The summed E-state index contributed by atoms with van der Waals surface area (Å²) < 4.78 is 4.54. The van der Waals surface area contributed by atoms with E-state index < -0.39 is 11.9 Å². The Morgan fingerprint density at radius 2 is 2.33 bits per heavy atom. The van der Waals surface area contributed by atoms with Gasteiger partial charge in [-0.15, -0.1) is 0 Å². The van der Waals surface area contributed by atoms with Crippen molar-refractivity contribution in [2.24, 2.45) is 11.8 Å². The van der Waals surface area contributed by atoms with Gasteiger partial charge in [-0.25, -0.2) is 0 Å². The molecule has 0 aromatic heterocycles. The lowest BCUT2D eigenvalue weighted by atomic mass is 9.83. The molecule has 1 aliphatic carbocycles. The molecule has 0 spiro atoms. The number of rotatable bonds is 1. The van der Waals surface area contributed by atoms with Crippen molar-refractivity contribution in [1.82, 2.24) is 0 Å². The highest BCUT2D eigenvalue weighted by molar-refractivity contribution is 6.05. The van der Waals surface area contributed by atoms with Gasteiger partial charge in [0.1, 0.15) is 5.92 Å². The Morgan fingerprint density at radius 3 is 2.83 bits per heavy atom. The first-order valence-corrected chi connectivity index (χ1v) is 3.95. The third kappa shape index (κ3) is 1.55. The molecule has 0 saturated carbocycles. The molecule has 2 atom stereocenters. The quantitative estimate of drug-likeness (QED) is 0.432. The van der Waals surface area contributed by atoms with Gasteiger partial charge in [0, 0.05) is 0 Å². The molecule has 0 bridgehead atoms. The van der Waals surface area contributed by atoms with E-state index in [2.05, 4.69) is 4.74 Å². The number of ketones is 1. The molecule has 0 N–H and O–H groups in total. The minimum absolute atomic E-state index is 0.0648. The number of hydrogen-bond acceptors (Lipinski definition) is 3. The van der Waals surface area contributed by atoms with Crippen LogP contribution in [0.15, 0.2) is 12.2 Å². The molecule has 1 rings (SSSR count). The van der Waals surface area contributed by atoms with E-state index in [1.165, 1.54) is 13.2 Å². The maximum Gasteiger partial charge on any atom is 0.316 e. The first-order valence-electron chi connectivity index (χ1n) is 3.95. The van der Waals surface area contributed by atoms with Crippen molar-refractivity contribution in [2.75, 3.05) is 7.11 Å². The lowest BCUT2D eigenvalue weighted by Crippen LogP contribution is -2.31. The summed E-state index contributed by atoms with van der Waals surface area (Å²) in [6.45, 7) is 1.88. The molecule has 0 amide bonds. The number of hydrogen-bond donors (Lipinski definition) is 0. The van der Waals surface area contributed by atoms with E-state index in [0.29, 0.717) is 0 Å². The van der Waals surface area contributed by atoms with Crippen LogP contribution in [0.25, 0.3) is 0 Å². The fourth-order valence-electron chi connectivity index (χ4n) is 1.39. The molecule has 0 saturated heterocycles. The van der Waals surface area contributed by atoms with Gasteiger partial charge in [0.2, 0.25) is 0 Å². The SMILES string of the molecule is COC(=O)C1C(=O)C=CCC1C. The van der Waals surface area contributed by atoms with Crippen molar-refractivity contribution < 1.29 is 14.3 Å². The summed E-state index contributed by atoms with van der Waals surface area (Å²) in [7, 11) is 1.31. The van der Waals surface area contributed by atoms with Crippen LogP contribution in [-0.2, 0) is 14.3 Å². The highest BCUT2D eigenvalue weighted by atomic mass is 16.5. The van der Waals surface area contributed by atoms with Gasteiger partial charge in [0.05, 0.1) is 7.11 Å². The van der Waals surface area contributed by atoms with Crippen molar-refractivity contribution in [3.8, 4) is 0 Å². The van der Waals surface area contributed by atoms with Crippen LogP contribution in [0.1, 0.15) is 13.3 Å². The summed E-state index contributed by atoms with van der Waals surface area (Å²) >= 11 is 0. The lowest BCUT2D eigenvalue weighted by Gasteiger charge is -2.20. The largest absolute Gasteiger partial charge is 0.468 e. The normalized spacial score (nSPS) is 28.7. The van der Waals surface area contributed by atoms with Crippen molar-refractivity contribution >= 4 is 11.8 Å². The van der Waals surface area contributed by atoms with Crippen LogP contribution < -0.4 is 0 Å². The topological polar surface area (TPSA) is 43.4 Å². The van der Waals surface area contributed by atoms with Gasteiger partial charge in [0.25, 0.3) is 0 Å². The molecule has 12 heavy (non-hydrogen) atoms. The predicted molar refractivity (Wildman–Crippen MR) is 43.4 cm³/mol. The minimum Gasteiger partial charge on any atom is -0.468 e. The van der Waals surface area contributed by atoms with Crippen molar-refractivity contribution in [3.63, 3.8) is 0 Å². The van der Waals surface area contributed by atoms with Crippen LogP contribution in [-0.4, -0.2) is 18.9 Å². The van der Waals surface area contributed by atoms with Crippen LogP contribution in [0.4, 0.5) is 0 Å². The Labute approximate surface area is 71.4 Å². The van der Waals surface area contributed by atoms with Crippen LogP contribution in [0, 0.1) is 11.8 Å². The lowest BCUT2D eigenvalue weighted by molar-refractivity contribution is -0.150. The second-order valence-corrected chi connectivity index (χ2v) is 3.02. The van der Waals surface area contributed by atoms with E-state index in [1.807, 2.05) is 6.92 Å². The number of carbonyl (C=O) groups excluding carboxylic acids is 2. The first kappa shape index (κ1) is 8.97.